The minimum Gasteiger partial charge on any atom is -0.417 e. The van der Waals surface area contributed by atoms with Gasteiger partial charge in [0.2, 0.25) is 11.2 Å². The molecule has 148 valence electrons. The van der Waals surface area contributed by atoms with E-state index in [0.717, 1.165) is 0 Å². The van der Waals surface area contributed by atoms with Crippen molar-refractivity contribution in [2.75, 3.05) is 0 Å². The molecule has 0 aromatic carbocycles. The fourth-order valence-corrected chi connectivity index (χ4v) is 9.36. The minimum atomic E-state index is -2.07. The molecule has 1 atom stereocenters. The molecule has 0 rings (SSSR count). The van der Waals surface area contributed by atoms with Crippen molar-refractivity contribution in [2.45, 2.75) is 77.0 Å². The van der Waals surface area contributed by atoms with Crippen LogP contribution in [0.5, 0.6) is 0 Å². The molecular formula is C15H37NO5Si4. The molecule has 0 aromatic rings. The lowest BCUT2D eigenvalue weighted by atomic mass is 10.3. The molecule has 0 aliphatic heterocycles. The molecule has 1 N–H and O–H groups in total. The van der Waals surface area contributed by atoms with Gasteiger partial charge in [0.25, 0.3) is 0 Å². The molecule has 0 radical (unpaired) electrons. The average molecular weight is 424 g/mol. The van der Waals surface area contributed by atoms with Crippen molar-refractivity contribution in [1.82, 2.24) is 5.32 Å². The number of alkyl carbamates (subject to hydrolysis) is 1. The van der Waals surface area contributed by atoms with Gasteiger partial charge in [-0.2, -0.15) is 0 Å². The third-order valence-corrected chi connectivity index (χ3v) is 7.57. The van der Waals surface area contributed by atoms with Gasteiger partial charge in [0, 0.05) is 0 Å². The van der Waals surface area contributed by atoms with Gasteiger partial charge in [-0.1, -0.05) is 6.58 Å². The summed E-state index contributed by atoms with van der Waals surface area (Å²) in [6, 6.07) is 0. The first kappa shape index (κ1) is 24.8. The van der Waals surface area contributed by atoms with Crippen LogP contribution in [-0.2, 0) is 18.0 Å². The first-order chi connectivity index (χ1) is 10.8. The zero-order chi connectivity index (χ0) is 20.3. The van der Waals surface area contributed by atoms with Crippen molar-refractivity contribution in [3.8, 4) is 0 Å². The number of hydrogen-bond donors (Lipinski definition) is 1. The lowest BCUT2D eigenvalue weighted by Gasteiger charge is -2.51. The molecule has 0 heterocycles. The van der Waals surface area contributed by atoms with Crippen molar-refractivity contribution < 1.29 is 22.8 Å². The normalized spacial score (nSPS) is 16.2. The molecule has 6 nitrogen and oxygen atoms in total. The number of rotatable bonds is 9. The maximum absolute atomic E-state index is 12.2. The molecular weight excluding hydrogens is 387 g/mol. The Bertz CT molecular complexity index is 466. The molecule has 1 unspecified atom stereocenters. The Kier molecular flexibility index (Phi) is 8.11. The Morgan fingerprint density at radius 2 is 1.28 bits per heavy atom. The van der Waals surface area contributed by atoms with E-state index < -0.39 is 42.2 Å². The molecule has 10 heteroatoms. The summed E-state index contributed by atoms with van der Waals surface area (Å²) in [5, 5.41) is 2.46. The second-order valence-corrected chi connectivity index (χ2v) is 23.9. The quantitative estimate of drug-likeness (QED) is 0.456. The lowest BCUT2D eigenvalue weighted by molar-refractivity contribution is -0.274. The van der Waals surface area contributed by atoms with Crippen molar-refractivity contribution >= 4 is 41.3 Å². The van der Waals surface area contributed by atoms with Gasteiger partial charge in [0.1, 0.15) is 0 Å². The highest BCUT2D eigenvalue weighted by Crippen LogP contribution is 2.37. The molecule has 0 aromatic heterocycles. The Labute approximate surface area is 159 Å². The van der Waals surface area contributed by atoms with Crippen LogP contribution in [0.3, 0.4) is 0 Å². The smallest absolute Gasteiger partial charge is 0.413 e. The highest BCUT2D eigenvalue weighted by molar-refractivity contribution is 6.71. The summed E-state index contributed by atoms with van der Waals surface area (Å²) in [7, 11) is -5.73. The number of hydrogen-bond acceptors (Lipinski definition) is 5. The van der Waals surface area contributed by atoms with Crippen LogP contribution in [0, 0.1) is 0 Å². The number of carbonyl (C=O) groups is 1. The number of ether oxygens (including phenoxy) is 1. The summed E-state index contributed by atoms with van der Waals surface area (Å²) in [4.78, 5) is 12.2. The van der Waals surface area contributed by atoms with Crippen LogP contribution in [0.1, 0.15) is 6.92 Å². The van der Waals surface area contributed by atoms with Crippen molar-refractivity contribution in [3.05, 3.63) is 12.8 Å². The molecule has 0 fully saturated rings. The summed E-state index contributed by atoms with van der Waals surface area (Å²) < 4.78 is 25.0. The topological polar surface area (TPSA) is 66.0 Å². The van der Waals surface area contributed by atoms with Crippen LogP contribution in [0.25, 0.3) is 0 Å². The van der Waals surface area contributed by atoms with E-state index in [1.807, 2.05) is 6.92 Å². The minimum absolute atomic E-state index is 0.388. The summed E-state index contributed by atoms with van der Waals surface area (Å²) in [5.41, 5.74) is -1.26. The fourth-order valence-electron chi connectivity index (χ4n) is 2.45. The number of nitrogens with one attached hydrogen (secondary N) is 1. The van der Waals surface area contributed by atoms with Gasteiger partial charge in [-0.3, -0.25) is 5.32 Å². The first-order valence-electron chi connectivity index (χ1n) is 8.53. The van der Waals surface area contributed by atoms with E-state index >= 15 is 0 Å². The van der Waals surface area contributed by atoms with E-state index in [1.165, 1.54) is 6.20 Å². The maximum atomic E-state index is 12.2. The van der Waals surface area contributed by atoms with Crippen molar-refractivity contribution in [3.63, 3.8) is 0 Å². The predicted octanol–water partition coefficient (Wildman–Crippen LogP) is 3.15. The van der Waals surface area contributed by atoms with Crippen LogP contribution in [0.4, 0.5) is 4.79 Å². The molecule has 0 saturated carbocycles. The lowest BCUT2D eigenvalue weighted by Crippen LogP contribution is -2.68. The Balaban J connectivity index is 6.12. The Morgan fingerprint density at radius 3 is 1.56 bits per heavy atom. The highest BCUT2D eigenvalue weighted by atomic mass is 28.4. The Morgan fingerprint density at radius 1 is 0.920 bits per heavy atom. The summed E-state index contributed by atoms with van der Waals surface area (Å²) in [6.45, 7) is 24.0. The molecule has 25 heavy (non-hydrogen) atoms. The molecule has 0 aliphatic rings. The van der Waals surface area contributed by atoms with Crippen LogP contribution >= 0.6 is 0 Å². The molecule has 0 saturated heterocycles. The van der Waals surface area contributed by atoms with E-state index in [2.05, 4.69) is 70.8 Å². The third-order valence-electron chi connectivity index (χ3n) is 2.84. The van der Waals surface area contributed by atoms with Crippen LogP contribution in [0.2, 0.25) is 58.9 Å². The SMILES string of the molecule is C=CNC(=O)OC([SiH3])(O[Si](C)(C)C)C(C)(O[Si](C)(C)C)O[Si](C)(C)C. The zero-order valence-electron chi connectivity index (χ0n) is 17.8. The van der Waals surface area contributed by atoms with Gasteiger partial charge in [-0.25, -0.2) is 4.79 Å². The van der Waals surface area contributed by atoms with Crippen LogP contribution < -0.4 is 5.32 Å². The van der Waals surface area contributed by atoms with Gasteiger partial charge in [0.15, 0.2) is 25.0 Å². The van der Waals surface area contributed by atoms with E-state index in [0.29, 0.717) is 10.2 Å². The Hall–Kier alpha value is -0.242. The predicted molar refractivity (Wildman–Crippen MR) is 114 cm³/mol. The van der Waals surface area contributed by atoms with Crippen molar-refractivity contribution in [2.24, 2.45) is 0 Å². The van der Waals surface area contributed by atoms with E-state index in [9.17, 15) is 4.79 Å². The number of amides is 1. The molecule has 1 amide bonds. The zero-order valence-corrected chi connectivity index (χ0v) is 22.8. The van der Waals surface area contributed by atoms with Crippen LogP contribution in [-0.4, -0.2) is 52.5 Å². The second-order valence-electron chi connectivity index (χ2n) is 9.27. The molecule has 0 bridgehead atoms. The van der Waals surface area contributed by atoms with E-state index in [1.54, 1.807) is 0 Å². The second kappa shape index (κ2) is 8.19. The third kappa shape index (κ3) is 9.31. The summed E-state index contributed by atoms with van der Waals surface area (Å²) >= 11 is 0. The molecule has 0 spiro atoms. The standard InChI is InChI=1S/C15H37NO5Si4/c1-12-16-13(17)18-15(22,21-25(9,10)11)14(2,19-23(3,4)5)20-24(6,7)8/h12H,1H2,2-11,22H3,(H,16,17). The monoisotopic (exact) mass is 423 g/mol. The van der Waals surface area contributed by atoms with E-state index in [4.69, 9.17) is 18.0 Å². The van der Waals surface area contributed by atoms with Gasteiger partial charge >= 0.3 is 6.09 Å². The first-order valence-corrected chi connectivity index (χ1v) is 19.8. The highest BCUT2D eigenvalue weighted by Gasteiger charge is 2.56. The summed E-state index contributed by atoms with van der Waals surface area (Å²) in [6.07, 6.45) is 0.669. The van der Waals surface area contributed by atoms with Gasteiger partial charge in [-0.15, -0.1) is 0 Å². The van der Waals surface area contributed by atoms with Crippen molar-refractivity contribution in [1.29, 1.82) is 0 Å². The fraction of sp³-hybridized carbons (Fsp3) is 0.800. The van der Waals surface area contributed by atoms with Crippen LogP contribution in [0.15, 0.2) is 12.8 Å². The largest absolute Gasteiger partial charge is 0.417 e. The van der Waals surface area contributed by atoms with E-state index in [-0.39, 0.29) is 0 Å². The average Bonchev–Trinajstić information content (AvgIpc) is 2.19. The van der Waals surface area contributed by atoms with Gasteiger partial charge in [0.05, 0.1) is 10.2 Å². The van der Waals surface area contributed by atoms with Gasteiger partial charge in [-0.05, 0) is 72.0 Å². The maximum Gasteiger partial charge on any atom is 0.413 e. The molecule has 0 aliphatic carbocycles. The summed E-state index contributed by atoms with van der Waals surface area (Å²) in [5.74, 6) is -1.16. The van der Waals surface area contributed by atoms with Gasteiger partial charge < -0.3 is 18.0 Å². The number of carbonyl (C=O) groups excluding carboxylic acids is 1.